The topological polar surface area (TPSA) is 47.3 Å². The van der Waals surface area contributed by atoms with Crippen molar-refractivity contribution >= 4 is 17.1 Å². The van der Waals surface area contributed by atoms with Crippen molar-refractivity contribution in [2.45, 2.75) is 6.92 Å². The van der Waals surface area contributed by atoms with Crippen LogP contribution in [0.25, 0.3) is 0 Å². The number of aryl methyl sites for hydroxylation is 1. The second kappa shape index (κ2) is 4.78. The van der Waals surface area contributed by atoms with Crippen LogP contribution in [0.1, 0.15) is 5.56 Å². The minimum absolute atomic E-state index is 0.780. The summed E-state index contributed by atoms with van der Waals surface area (Å²) in [5.41, 5.74) is 9.71. The van der Waals surface area contributed by atoms with Gasteiger partial charge in [-0.2, -0.15) is 0 Å². The highest BCUT2D eigenvalue weighted by Gasteiger charge is 1.99. The maximum absolute atomic E-state index is 5.71. The first kappa shape index (κ1) is 11.3. The van der Waals surface area contributed by atoms with Gasteiger partial charge in [0.15, 0.2) is 0 Å². The van der Waals surface area contributed by atoms with E-state index in [-0.39, 0.29) is 0 Å². The van der Waals surface area contributed by atoms with Crippen LogP contribution in [0.2, 0.25) is 0 Å². The summed E-state index contributed by atoms with van der Waals surface area (Å²) in [4.78, 5) is 0. The van der Waals surface area contributed by atoms with Crippen molar-refractivity contribution in [3.63, 3.8) is 0 Å². The molecule has 0 fully saturated rings. The summed E-state index contributed by atoms with van der Waals surface area (Å²) in [5, 5.41) is 3.34. The lowest BCUT2D eigenvalue weighted by molar-refractivity contribution is 0.415. The van der Waals surface area contributed by atoms with Crippen molar-refractivity contribution in [2.24, 2.45) is 0 Å². The fourth-order valence-electron chi connectivity index (χ4n) is 1.66. The highest BCUT2D eigenvalue weighted by Crippen LogP contribution is 2.23. The summed E-state index contributed by atoms with van der Waals surface area (Å²) in [6.45, 7) is 2.03. The largest absolute Gasteiger partial charge is 0.497 e. The van der Waals surface area contributed by atoms with Crippen LogP contribution < -0.4 is 15.8 Å². The smallest absolute Gasteiger partial charge is 0.119 e. The first-order valence-electron chi connectivity index (χ1n) is 5.46. The number of benzene rings is 2. The van der Waals surface area contributed by atoms with Crippen LogP contribution in [-0.4, -0.2) is 7.11 Å². The number of nitrogen functional groups attached to an aromatic ring is 1. The molecule has 3 nitrogen and oxygen atoms in total. The molecule has 3 N–H and O–H groups in total. The van der Waals surface area contributed by atoms with Crippen molar-refractivity contribution in [3.8, 4) is 5.75 Å². The van der Waals surface area contributed by atoms with E-state index in [1.807, 2.05) is 49.4 Å². The van der Waals surface area contributed by atoms with Gasteiger partial charge in [-0.3, -0.25) is 0 Å². The molecule has 0 aliphatic heterocycles. The molecule has 0 saturated carbocycles. The molecule has 0 aromatic heterocycles. The molecule has 0 saturated heterocycles. The summed E-state index contributed by atoms with van der Waals surface area (Å²) in [5.74, 6) is 0.851. The van der Waals surface area contributed by atoms with E-state index in [4.69, 9.17) is 10.5 Å². The number of hydrogen-bond donors (Lipinski definition) is 2. The number of anilines is 3. The summed E-state index contributed by atoms with van der Waals surface area (Å²) < 4.78 is 5.11. The quantitative estimate of drug-likeness (QED) is 0.792. The summed E-state index contributed by atoms with van der Waals surface area (Å²) in [7, 11) is 1.66. The van der Waals surface area contributed by atoms with E-state index in [1.165, 1.54) is 0 Å². The van der Waals surface area contributed by atoms with Gasteiger partial charge in [0.1, 0.15) is 5.75 Å². The molecule has 0 bridgehead atoms. The van der Waals surface area contributed by atoms with Gasteiger partial charge in [0.05, 0.1) is 7.11 Å². The Labute approximate surface area is 101 Å². The van der Waals surface area contributed by atoms with Crippen LogP contribution in [0.5, 0.6) is 5.75 Å². The fourth-order valence-corrected chi connectivity index (χ4v) is 1.66. The third-order valence-electron chi connectivity index (χ3n) is 2.62. The van der Waals surface area contributed by atoms with E-state index < -0.39 is 0 Å². The summed E-state index contributed by atoms with van der Waals surface area (Å²) in [6.07, 6.45) is 0. The van der Waals surface area contributed by atoms with Crippen LogP contribution in [0.4, 0.5) is 17.1 Å². The SMILES string of the molecule is COc1ccc(Nc2ccc(N)cc2C)cc1. The Bertz CT molecular complexity index is 506. The lowest BCUT2D eigenvalue weighted by atomic mass is 10.1. The van der Waals surface area contributed by atoms with E-state index in [1.54, 1.807) is 7.11 Å². The van der Waals surface area contributed by atoms with E-state index in [9.17, 15) is 0 Å². The highest BCUT2D eigenvalue weighted by atomic mass is 16.5. The van der Waals surface area contributed by atoms with Gasteiger partial charge < -0.3 is 15.8 Å². The molecular weight excluding hydrogens is 212 g/mol. The molecule has 0 aliphatic carbocycles. The van der Waals surface area contributed by atoms with E-state index in [0.717, 1.165) is 28.4 Å². The highest BCUT2D eigenvalue weighted by molar-refractivity contribution is 5.66. The summed E-state index contributed by atoms with van der Waals surface area (Å²) >= 11 is 0. The second-order valence-electron chi connectivity index (χ2n) is 3.93. The molecule has 0 radical (unpaired) electrons. The zero-order chi connectivity index (χ0) is 12.3. The van der Waals surface area contributed by atoms with Crippen LogP contribution in [0, 0.1) is 6.92 Å². The van der Waals surface area contributed by atoms with Crippen molar-refractivity contribution in [1.29, 1.82) is 0 Å². The van der Waals surface area contributed by atoms with E-state index in [0.29, 0.717) is 0 Å². The van der Waals surface area contributed by atoms with E-state index in [2.05, 4.69) is 5.32 Å². The molecular formula is C14H16N2O. The lowest BCUT2D eigenvalue weighted by Gasteiger charge is -2.10. The van der Waals surface area contributed by atoms with Gasteiger partial charge in [-0.15, -0.1) is 0 Å². The minimum Gasteiger partial charge on any atom is -0.497 e. The van der Waals surface area contributed by atoms with Crippen molar-refractivity contribution < 1.29 is 4.74 Å². The third kappa shape index (κ3) is 2.69. The van der Waals surface area contributed by atoms with Crippen molar-refractivity contribution in [3.05, 3.63) is 48.0 Å². The molecule has 3 heteroatoms. The zero-order valence-corrected chi connectivity index (χ0v) is 10.0. The van der Waals surface area contributed by atoms with Gasteiger partial charge >= 0.3 is 0 Å². The number of nitrogens with one attached hydrogen (secondary N) is 1. The third-order valence-corrected chi connectivity index (χ3v) is 2.62. The Balaban J connectivity index is 2.19. The molecule has 0 amide bonds. The predicted molar refractivity (Wildman–Crippen MR) is 71.9 cm³/mol. The molecule has 2 aromatic carbocycles. The number of methoxy groups -OCH3 is 1. The molecule has 17 heavy (non-hydrogen) atoms. The molecule has 0 unspecified atom stereocenters. The monoisotopic (exact) mass is 228 g/mol. The lowest BCUT2D eigenvalue weighted by Crippen LogP contribution is -1.94. The van der Waals surface area contributed by atoms with Gasteiger partial charge in [-0.1, -0.05) is 0 Å². The van der Waals surface area contributed by atoms with Crippen molar-refractivity contribution in [2.75, 3.05) is 18.2 Å². The van der Waals surface area contributed by atoms with E-state index >= 15 is 0 Å². The van der Waals surface area contributed by atoms with Crippen LogP contribution in [0.15, 0.2) is 42.5 Å². The van der Waals surface area contributed by atoms with Gasteiger partial charge in [-0.05, 0) is 55.0 Å². The maximum atomic E-state index is 5.71. The first-order chi connectivity index (χ1) is 8.19. The van der Waals surface area contributed by atoms with Gasteiger partial charge in [0.25, 0.3) is 0 Å². The maximum Gasteiger partial charge on any atom is 0.119 e. The molecule has 0 aliphatic rings. The Hall–Kier alpha value is -2.16. The molecule has 88 valence electrons. The number of hydrogen-bond acceptors (Lipinski definition) is 3. The first-order valence-corrected chi connectivity index (χ1v) is 5.46. The molecule has 0 heterocycles. The Kier molecular flexibility index (Phi) is 3.19. The average Bonchev–Trinajstić information content (AvgIpc) is 2.34. The fraction of sp³-hybridized carbons (Fsp3) is 0.143. The molecule has 0 atom stereocenters. The summed E-state index contributed by atoms with van der Waals surface area (Å²) in [6, 6.07) is 13.6. The number of ether oxygens (including phenoxy) is 1. The predicted octanol–water partition coefficient (Wildman–Crippen LogP) is 3.33. The Morgan fingerprint density at radius 1 is 1.06 bits per heavy atom. The van der Waals surface area contributed by atoms with Crippen LogP contribution in [0.3, 0.4) is 0 Å². The van der Waals surface area contributed by atoms with Gasteiger partial charge in [0.2, 0.25) is 0 Å². The second-order valence-corrected chi connectivity index (χ2v) is 3.93. The average molecular weight is 228 g/mol. The Morgan fingerprint density at radius 2 is 1.76 bits per heavy atom. The van der Waals surface area contributed by atoms with Gasteiger partial charge in [0, 0.05) is 17.1 Å². The number of nitrogens with two attached hydrogens (primary N) is 1. The number of rotatable bonds is 3. The van der Waals surface area contributed by atoms with Gasteiger partial charge in [-0.25, -0.2) is 0 Å². The molecule has 0 spiro atoms. The van der Waals surface area contributed by atoms with Crippen molar-refractivity contribution in [1.82, 2.24) is 0 Å². The normalized spacial score (nSPS) is 10.0. The standard InChI is InChI=1S/C14H16N2O/c1-10-9-11(15)3-8-14(10)16-12-4-6-13(17-2)7-5-12/h3-9,16H,15H2,1-2H3. The minimum atomic E-state index is 0.780. The molecule has 2 rings (SSSR count). The molecule has 2 aromatic rings. The zero-order valence-electron chi connectivity index (χ0n) is 10.0. The van der Waals surface area contributed by atoms with Crippen LogP contribution in [-0.2, 0) is 0 Å². The Morgan fingerprint density at radius 3 is 2.35 bits per heavy atom. The van der Waals surface area contributed by atoms with Crippen LogP contribution >= 0.6 is 0 Å².